The SMILES string of the molecule is C=C(Cc1ccccc1)C[C@H](C(=C)C1CC2C(C1C(=C)NC(CCC)C(=C)C(C)NCC(=C)NC(c1ccccc1)C(C)C(C)C)C2(C)C)C(C)(C)C. The van der Waals surface area contributed by atoms with Gasteiger partial charge in [0.15, 0.2) is 0 Å². The van der Waals surface area contributed by atoms with Crippen LogP contribution in [0.1, 0.15) is 112 Å². The molecule has 3 N–H and O–H groups in total. The van der Waals surface area contributed by atoms with Crippen molar-refractivity contribution in [2.24, 2.45) is 52.3 Å². The lowest BCUT2D eigenvalue weighted by Crippen LogP contribution is -2.43. The number of fused-ring (bicyclic) bond motifs is 1. The topological polar surface area (TPSA) is 36.1 Å². The zero-order valence-corrected chi connectivity index (χ0v) is 35.3. The number of rotatable bonds is 21. The zero-order valence-electron chi connectivity index (χ0n) is 35.3. The van der Waals surface area contributed by atoms with Crippen LogP contribution >= 0.6 is 0 Å². The molecule has 0 aliphatic heterocycles. The molecular weight excluding hydrogens is 643 g/mol. The summed E-state index contributed by atoms with van der Waals surface area (Å²) in [6, 6.07) is 22.0. The van der Waals surface area contributed by atoms with Crippen molar-refractivity contribution in [1.29, 1.82) is 0 Å². The first-order chi connectivity index (χ1) is 24.9. The van der Waals surface area contributed by atoms with E-state index in [2.05, 4.69) is 166 Å². The van der Waals surface area contributed by atoms with E-state index in [0.29, 0.717) is 53.4 Å². The minimum Gasteiger partial charge on any atom is -0.382 e. The lowest BCUT2D eigenvalue weighted by Gasteiger charge is -2.40. The molecule has 2 aliphatic rings. The summed E-state index contributed by atoms with van der Waals surface area (Å²) in [6.07, 6.45) is 5.18. The fraction of sp³-hybridized carbons (Fsp3) is 0.560. The molecular formula is C50H75N3. The van der Waals surface area contributed by atoms with Gasteiger partial charge in [0.25, 0.3) is 0 Å². The molecule has 0 aromatic heterocycles. The second-order valence-electron chi connectivity index (χ2n) is 18.9. The summed E-state index contributed by atoms with van der Waals surface area (Å²) in [4.78, 5) is 0. The zero-order chi connectivity index (χ0) is 39.2. The van der Waals surface area contributed by atoms with Gasteiger partial charge in [0.2, 0.25) is 0 Å². The van der Waals surface area contributed by atoms with Gasteiger partial charge in [-0.1, -0.05) is 173 Å². The van der Waals surface area contributed by atoms with Crippen molar-refractivity contribution in [2.75, 3.05) is 6.54 Å². The minimum absolute atomic E-state index is 0.0886. The van der Waals surface area contributed by atoms with Crippen LogP contribution in [0.25, 0.3) is 0 Å². The average molecular weight is 718 g/mol. The average Bonchev–Trinajstić information content (AvgIpc) is 3.41. The fourth-order valence-corrected chi connectivity index (χ4v) is 9.46. The molecule has 2 saturated carbocycles. The molecule has 3 nitrogen and oxygen atoms in total. The van der Waals surface area contributed by atoms with Crippen LogP contribution in [-0.4, -0.2) is 18.6 Å². The van der Waals surface area contributed by atoms with E-state index in [1.807, 2.05) is 0 Å². The second kappa shape index (κ2) is 17.9. The summed E-state index contributed by atoms with van der Waals surface area (Å²) in [6.45, 7) is 47.7. The van der Waals surface area contributed by atoms with Gasteiger partial charge in [-0.05, 0) is 95.6 Å². The molecule has 0 saturated heterocycles. The molecule has 9 atom stereocenters. The molecule has 53 heavy (non-hydrogen) atoms. The molecule has 2 aromatic rings. The Morgan fingerprint density at radius 1 is 0.868 bits per heavy atom. The van der Waals surface area contributed by atoms with E-state index in [1.54, 1.807) is 0 Å². The van der Waals surface area contributed by atoms with Gasteiger partial charge >= 0.3 is 0 Å². The van der Waals surface area contributed by atoms with Crippen LogP contribution < -0.4 is 16.0 Å². The molecule has 2 fully saturated rings. The Bertz CT molecular complexity index is 1560. The molecule has 0 bridgehead atoms. The van der Waals surface area contributed by atoms with Crippen molar-refractivity contribution in [3.05, 3.63) is 133 Å². The molecule has 2 aromatic carbocycles. The van der Waals surface area contributed by atoms with Crippen molar-refractivity contribution in [2.45, 2.75) is 119 Å². The first-order valence-electron chi connectivity index (χ1n) is 20.6. The molecule has 290 valence electrons. The van der Waals surface area contributed by atoms with E-state index < -0.39 is 0 Å². The summed E-state index contributed by atoms with van der Waals surface area (Å²) in [5.74, 6) is 3.49. The quantitative estimate of drug-likeness (QED) is 0.113. The normalized spacial score (nSPS) is 23.2. The van der Waals surface area contributed by atoms with Crippen LogP contribution in [0.4, 0.5) is 0 Å². The van der Waals surface area contributed by atoms with Crippen LogP contribution in [0.3, 0.4) is 0 Å². The summed E-state index contributed by atoms with van der Waals surface area (Å²) < 4.78 is 0. The third kappa shape index (κ3) is 10.5. The summed E-state index contributed by atoms with van der Waals surface area (Å²) >= 11 is 0. The lowest BCUT2D eigenvalue weighted by molar-refractivity contribution is 0.229. The highest BCUT2D eigenvalue weighted by atomic mass is 15.0. The number of nitrogens with one attached hydrogen (secondary N) is 3. The number of hydrogen-bond donors (Lipinski definition) is 3. The Morgan fingerprint density at radius 3 is 2.04 bits per heavy atom. The third-order valence-corrected chi connectivity index (χ3v) is 13.3. The van der Waals surface area contributed by atoms with Crippen molar-refractivity contribution >= 4 is 0 Å². The van der Waals surface area contributed by atoms with Crippen molar-refractivity contribution in [3.8, 4) is 0 Å². The van der Waals surface area contributed by atoms with Gasteiger partial charge < -0.3 is 16.0 Å². The molecule has 0 amide bonds. The number of allylic oxidation sites excluding steroid dienone is 3. The fourth-order valence-electron chi connectivity index (χ4n) is 9.46. The monoisotopic (exact) mass is 718 g/mol. The summed E-state index contributed by atoms with van der Waals surface area (Å²) in [5.41, 5.74) is 9.11. The van der Waals surface area contributed by atoms with Gasteiger partial charge in [-0.3, -0.25) is 0 Å². The second-order valence-corrected chi connectivity index (χ2v) is 18.9. The van der Waals surface area contributed by atoms with Crippen LogP contribution in [-0.2, 0) is 6.42 Å². The predicted octanol–water partition coefficient (Wildman–Crippen LogP) is 12.2. The van der Waals surface area contributed by atoms with E-state index >= 15 is 0 Å². The number of hydrogen-bond acceptors (Lipinski definition) is 3. The molecule has 8 unspecified atom stereocenters. The van der Waals surface area contributed by atoms with Gasteiger partial charge in [0.05, 0.1) is 6.04 Å². The van der Waals surface area contributed by atoms with E-state index in [9.17, 15) is 0 Å². The maximum Gasteiger partial charge on any atom is 0.0539 e. The Kier molecular flexibility index (Phi) is 14.3. The van der Waals surface area contributed by atoms with Gasteiger partial charge in [0, 0.05) is 35.9 Å². The van der Waals surface area contributed by atoms with Crippen LogP contribution in [0.5, 0.6) is 0 Å². The highest BCUT2D eigenvalue weighted by Crippen LogP contribution is 2.73. The predicted molar refractivity (Wildman–Crippen MR) is 231 cm³/mol. The number of benzene rings is 2. The smallest absolute Gasteiger partial charge is 0.0539 e. The van der Waals surface area contributed by atoms with Crippen LogP contribution in [0.15, 0.2) is 122 Å². The lowest BCUT2D eigenvalue weighted by atomic mass is 9.66. The van der Waals surface area contributed by atoms with Crippen LogP contribution in [0.2, 0.25) is 0 Å². The first kappa shape index (κ1) is 42.4. The maximum atomic E-state index is 4.93. The molecule has 0 spiro atoms. The van der Waals surface area contributed by atoms with Crippen molar-refractivity contribution in [1.82, 2.24) is 16.0 Å². The van der Waals surface area contributed by atoms with Crippen molar-refractivity contribution in [3.63, 3.8) is 0 Å². The standard InChI is InChI=1S/C50H75N3/c1-16-23-45(36(7)38(9)51-31-34(5)52-48(35(6)32(2)3)41-26-21-18-22-27-41)53-39(10)46-42(30-44-47(46)50(44,14)15)37(8)43(49(11,12)13)29-33(4)28-40-24-19-17-20-25-40/h17-22,24-27,32,35,38,42-48,51-53H,4-5,7-8,10,16,23,28-31H2,1-3,6,9,11-15H3/t35?,38?,42?,43-,44?,45?,46?,47?,48?/m1/s1. The van der Waals surface area contributed by atoms with Gasteiger partial charge in [-0.2, -0.15) is 0 Å². The summed E-state index contributed by atoms with van der Waals surface area (Å²) in [7, 11) is 0. The Hall–Kier alpha value is -3.30. The molecule has 3 heteroatoms. The van der Waals surface area contributed by atoms with E-state index in [4.69, 9.17) is 13.2 Å². The van der Waals surface area contributed by atoms with Crippen molar-refractivity contribution < 1.29 is 0 Å². The molecule has 4 rings (SSSR count). The van der Waals surface area contributed by atoms with Gasteiger partial charge in [0.1, 0.15) is 0 Å². The Balaban J connectivity index is 1.44. The molecule has 0 heterocycles. The third-order valence-electron chi connectivity index (χ3n) is 13.3. The first-order valence-corrected chi connectivity index (χ1v) is 20.6. The van der Waals surface area contributed by atoms with E-state index in [1.165, 1.54) is 40.0 Å². The molecule has 2 aliphatic carbocycles. The Morgan fingerprint density at radius 2 is 1.47 bits per heavy atom. The van der Waals surface area contributed by atoms with E-state index in [0.717, 1.165) is 31.4 Å². The molecule has 0 radical (unpaired) electrons. The largest absolute Gasteiger partial charge is 0.382 e. The highest BCUT2D eigenvalue weighted by molar-refractivity contribution is 5.31. The van der Waals surface area contributed by atoms with Gasteiger partial charge in [-0.15, -0.1) is 0 Å². The summed E-state index contributed by atoms with van der Waals surface area (Å²) in [5, 5.41) is 11.5. The maximum absolute atomic E-state index is 4.93. The van der Waals surface area contributed by atoms with Crippen LogP contribution in [0, 0.1) is 52.3 Å². The minimum atomic E-state index is 0.0886. The van der Waals surface area contributed by atoms with Gasteiger partial charge in [-0.25, -0.2) is 0 Å². The van der Waals surface area contributed by atoms with E-state index in [-0.39, 0.29) is 23.5 Å². The Labute approximate surface area is 326 Å². The highest BCUT2D eigenvalue weighted by Gasteiger charge is 2.68.